The zero-order valence-corrected chi connectivity index (χ0v) is 9.45. The highest BCUT2D eigenvalue weighted by atomic mass is 15.2. The first kappa shape index (κ1) is 9.41. The third-order valence-corrected chi connectivity index (χ3v) is 4.06. The Morgan fingerprint density at radius 3 is 3.00 bits per heavy atom. The van der Waals surface area contributed by atoms with E-state index < -0.39 is 0 Å². The van der Waals surface area contributed by atoms with Crippen molar-refractivity contribution in [1.29, 1.82) is 0 Å². The number of rotatable bonds is 0. The molecule has 80 valence electrons. The Bertz CT molecular complexity index is 358. The largest absolute Gasteiger partial charge is 0.296 e. The summed E-state index contributed by atoms with van der Waals surface area (Å²) in [6.07, 6.45) is 4.00. The van der Waals surface area contributed by atoms with Crippen molar-refractivity contribution in [3.8, 4) is 0 Å². The molecule has 0 bridgehead atoms. The van der Waals surface area contributed by atoms with Crippen molar-refractivity contribution in [2.75, 3.05) is 13.1 Å². The fraction of sp³-hybridized carbons (Fsp3) is 0.571. The van der Waals surface area contributed by atoms with Crippen LogP contribution in [0, 0.1) is 5.92 Å². The minimum atomic E-state index is 0.721. The summed E-state index contributed by atoms with van der Waals surface area (Å²) in [6, 6.07) is 9.75. The van der Waals surface area contributed by atoms with Gasteiger partial charge in [-0.25, -0.2) is 0 Å². The Labute approximate surface area is 92.1 Å². The molecule has 1 heteroatoms. The molecule has 0 radical (unpaired) electrons. The van der Waals surface area contributed by atoms with Crippen molar-refractivity contribution in [3.05, 3.63) is 35.4 Å². The molecule has 0 amide bonds. The average molecular weight is 201 g/mol. The van der Waals surface area contributed by atoms with Crippen LogP contribution in [0.3, 0.4) is 0 Å². The van der Waals surface area contributed by atoms with Crippen molar-refractivity contribution in [2.45, 2.75) is 32.2 Å². The van der Waals surface area contributed by atoms with E-state index in [2.05, 4.69) is 36.1 Å². The maximum Gasteiger partial charge on any atom is 0.0353 e. The summed E-state index contributed by atoms with van der Waals surface area (Å²) in [6.45, 7) is 4.98. The lowest BCUT2D eigenvalue weighted by atomic mass is 9.83. The fourth-order valence-corrected chi connectivity index (χ4v) is 3.13. The van der Waals surface area contributed by atoms with Crippen molar-refractivity contribution < 1.29 is 0 Å². The minimum absolute atomic E-state index is 0.721. The lowest BCUT2D eigenvalue weighted by Gasteiger charge is -2.42. The van der Waals surface area contributed by atoms with Crippen molar-refractivity contribution >= 4 is 0 Å². The minimum Gasteiger partial charge on any atom is -0.296 e. The number of hydrogen-bond donors (Lipinski definition) is 0. The van der Waals surface area contributed by atoms with Gasteiger partial charge in [-0.05, 0) is 42.9 Å². The van der Waals surface area contributed by atoms with E-state index in [4.69, 9.17) is 0 Å². The van der Waals surface area contributed by atoms with Crippen molar-refractivity contribution in [1.82, 2.24) is 4.90 Å². The summed E-state index contributed by atoms with van der Waals surface area (Å²) in [4.78, 5) is 2.68. The van der Waals surface area contributed by atoms with Gasteiger partial charge in [0, 0.05) is 12.6 Å². The molecular weight excluding hydrogens is 182 g/mol. The van der Waals surface area contributed by atoms with Gasteiger partial charge in [-0.3, -0.25) is 4.90 Å². The molecule has 2 atom stereocenters. The van der Waals surface area contributed by atoms with Crippen LogP contribution in [-0.4, -0.2) is 18.0 Å². The van der Waals surface area contributed by atoms with Gasteiger partial charge in [0.2, 0.25) is 0 Å². The van der Waals surface area contributed by atoms with Crippen LogP contribution in [0.2, 0.25) is 0 Å². The SMILES string of the molecule is CC1CCN2CCc3ccccc3C2C1. The molecule has 3 rings (SSSR count). The molecule has 1 aromatic rings. The summed E-state index contributed by atoms with van der Waals surface area (Å²) in [5, 5.41) is 0. The predicted octanol–water partition coefficient (Wildman–Crippen LogP) is 3.02. The first-order valence-corrected chi connectivity index (χ1v) is 6.16. The van der Waals surface area contributed by atoms with E-state index in [1.165, 1.54) is 32.4 Å². The van der Waals surface area contributed by atoms with Crippen molar-refractivity contribution in [3.63, 3.8) is 0 Å². The second kappa shape index (κ2) is 3.64. The monoisotopic (exact) mass is 201 g/mol. The van der Waals surface area contributed by atoms with E-state index in [1.807, 2.05) is 0 Å². The summed E-state index contributed by atoms with van der Waals surface area (Å²) in [5.74, 6) is 0.900. The molecule has 2 aliphatic rings. The Morgan fingerprint density at radius 2 is 2.07 bits per heavy atom. The van der Waals surface area contributed by atoms with E-state index in [1.54, 1.807) is 11.1 Å². The number of piperidine rings is 1. The second-order valence-electron chi connectivity index (χ2n) is 5.13. The molecule has 1 nitrogen and oxygen atoms in total. The second-order valence-corrected chi connectivity index (χ2v) is 5.13. The Hall–Kier alpha value is -0.820. The third kappa shape index (κ3) is 1.59. The van der Waals surface area contributed by atoms with Gasteiger partial charge in [-0.15, -0.1) is 0 Å². The van der Waals surface area contributed by atoms with Gasteiger partial charge in [0.15, 0.2) is 0 Å². The van der Waals surface area contributed by atoms with Crippen molar-refractivity contribution in [2.24, 2.45) is 5.92 Å². The standard InChI is InChI=1S/C14H19N/c1-11-6-8-15-9-7-12-4-2-3-5-13(12)14(15)10-11/h2-5,11,14H,6-10H2,1H3. The zero-order valence-electron chi connectivity index (χ0n) is 9.45. The summed E-state index contributed by atoms with van der Waals surface area (Å²) in [7, 11) is 0. The highest BCUT2D eigenvalue weighted by molar-refractivity contribution is 5.32. The summed E-state index contributed by atoms with van der Waals surface area (Å²) >= 11 is 0. The molecule has 0 aliphatic carbocycles. The van der Waals surface area contributed by atoms with Gasteiger partial charge in [0.25, 0.3) is 0 Å². The van der Waals surface area contributed by atoms with E-state index in [0.717, 1.165) is 12.0 Å². The van der Waals surface area contributed by atoms with Crippen LogP contribution in [0.4, 0.5) is 0 Å². The molecule has 2 aliphatic heterocycles. The molecule has 0 N–H and O–H groups in total. The summed E-state index contributed by atoms with van der Waals surface area (Å²) in [5.41, 5.74) is 3.20. The Kier molecular flexibility index (Phi) is 2.28. The lowest BCUT2D eigenvalue weighted by Crippen LogP contribution is -2.40. The van der Waals surface area contributed by atoms with E-state index in [9.17, 15) is 0 Å². The van der Waals surface area contributed by atoms with Gasteiger partial charge in [-0.1, -0.05) is 31.2 Å². The average Bonchev–Trinajstić information content (AvgIpc) is 2.29. The highest BCUT2D eigenvalue weighted by Crippen LogP contribution is 2.38. The maximum atomic E-state index is 2.68. The lowest BCUT2D eigenvalue weighted by molar-refractivity contribution is 0.109. The smallest absolute Gasteiger partial charge is 0.0353 e. The first-order chi connectivity index (χ1) is 7.34. The molecule has 2 heterocycles. The van der Waals surface area contributed by atoms with Gasteiger partial charge < -0.3 is 0 Å². The number of hydrogen-bond acceptors (Lipinski definition) is 1. The van der Waals surface area contributed by atoms with Gasteiger partial charge in [0.05, 0.1) is 0 Å². The highest BCUT2D eigenvalue weighted by Gasteiger charge is 2.31. The van der Waals surface area contributed by atoms with Crippen LogP contribution in [0.15, 0.2) is 24.3 Å². The van der Waals surface area contributed by atoms with Crippen LogP contribution < -0.4 is 0 Å². The van der Waals surface area contributed by atoms with Crippen LogP contribution in [0.5, 0.6) is 0 Å². The number of nitrogens with zero attached hydrogens (tertiary/aromatic N) is 1. The van der Waals surface area contributed by atoms with Gasteiger partial charge >= 0.3 is 0 Å². The number of fused-ring (bicyclic) bond motifs is 3. The Balaban J connectivity index is 1.96. The fourth-order valence-electron chi connectivity index (χ4n) is 3.13. The maximum absolute atomic E-state index is 2.68. The molecule has 0 aromatic heterocycles. The summed E-state index contributed by atoms with van der Waals surface area (Å²) < 4.78 is 0. The Morgan fingerprint density at radius 1 is 1.20 bits per heavy atom. The van der Waals surface area contributed by atoms with Crippen LogP contribution in [-0.2, 0) is 6.42 Å². The molecule has 0 spiro atoms. The quantitative estimate of drug-likeness (QED) is 0.623. The van der Waals surface area contributed by atoms with Crippen LogP contribution in [0.25, 0.3) is 0 Å². The topological polar surface area (TPSA) is 3.24 Å². The van der Waals surface area contributed by atoms with E-state index in [0.29, 0.717) is 0 Å². The first-order valence-electron chi connectivity index (χ1n) is 6.16. The van der Waals surface area contributed by atoms with Gasteiger partial charge in [0.1, 0.15) is 0 Å². The van der Waals surface area contributed by atoms with Crippen LogP contribution >= 0.6 is 0 Å². The predicted molar refractivity (Wildman–Crippen MR) is 62.9 cm³/mol. The third-order valence-electron chi connectivity index (χ3n) is 4.06. The van der Waals surface area contributed by atoms with E-state index in [-0.39, 0.29) is 0 Å². The molecule has 15 heavy (non-hydrogen) atoms. The molecule has 1 fully saturated rings. The van der Waals surface area contributed by atoms with E-state index >= 15 is 0 Å². The van der Waals surface area contributed by atoms with Crippen LogP contribution in [0.1, 0.15) is 36.9 Å². The normalized spacial score (nSPS) is 30.7. The van der Waals surface area contributed by atoms with Gasteiger partial charge in [-0.2, -0.15) is 0 Å². The number of benzene rings is 1. The molecule has 1 aromatic carbocycles. The zero-order chi connectivity index (χ0) is 10.3. The molecular formula is C14H19N. The molecule has 2 unspecified atom stereocenters. The molecule has 0 saturated carbocycles. The molecule has 1 saturated heterocycles.